The third kappa shape index (κ3) is 3.55. The Hall–Kier alpha value is -2.80. The van der Waals surface area contributed by atoms with Gasteiger partial charge in [-0.2, -0.15) is 0 Å². The Morgan fingerprint density at radius 3 is 2.70 bits per heavy atom. The minimum atomic E-state index is -0.574. The van der Waals surface area contributed by atoms with Crippen LogP contribution in [0.15, 0.2) is 59.6 Å². The van der Waals surface area contributed by atoms with Crippen molar-refractivity contribution in [2.24, 2.45) is 0 Å². The van der Waals surface area contributed by atoms with Gasteiger partial charge in [-0.1, -0.05) is 30.3 Å². The summed E-state index contributed by atoms with van der Waals surface area (Å²) in [7, 11) is 0. The van der Waals surface area contributed by atoms with Crippen molar-refractivity contribution in [2.75, 3.05) is 12.3 Å². The van der Waals surface area contributed by atoms with Gasteiger partial charge in [0.2, 0.25) is 0 Å². The van der Waals surface area contributed by atoms with Crippen molar-refractivity contribution in [1.82, 2.24) is 15.2 Å². The summed E-state index contributed by atoms with van der Waals surface area (Å²) in [6.45, 7) is 0.244. The van der Waals surface area contributed by atoms with E-state index in [2.05, 4.69) is 10.3 Å². The van der Waals surface area contributed by atoms with Crippen LogP contribution in [0.1, 0.15) is 5.56 Å². The number of para-hydroxylation sites is 1. The third-order valence-corrected chi connectivity index (χ3v) is 5.64. The molecule has 3 amide bonds. The summed E-state index contributed by atoms with van der Waals surface area (Å²) in [5, 5.41) is 3.81. The van der Waals surface area contributed by atoms with Crippen LogP contribution in [-0.4, -0.2) is 40.2 Å². The van der Waals surface area contributed by atoms with Gasteiger partial charge in [0, 0.05) is 40.7 Å². The lowest BCUT2D eigenvalue weighted by Crippen LogP contribution is -2.34. The first-order chi connectivity index (χ1) is 13.1. The number of benzene rings is 2. The number of hydrogen-bond acceptors (Lipinski definition) is 3. The molecule has 5 nitrogen and oxygen atoms in total. The number of hydrogen-bond donors (Lipinski definition) is 2. The fourth-order valence-corrected chi connectivity index (χ4v) is 4.13. The first kappa shape index (κ1) is 17.6. The Morgan fingerprint density at radius 1 is 1.07 bits per heavy atom. The van der Waals surface area contributed by atoms with Crippen molar-refractivity contribution in [1.29, 1.82) is 0 Å². The van der Waals surface area contributed by atoms with Crippen LogP contribution >= 0.6 is 11.8 Å². The molecule has 0 bridgehead atoms. The standard InChI is InChI=1S/C20H18FN3O2S/c21-15-6-2-4-8-18(15)27-10-9-24-19(25)17(23-20(24)26)11-13-12-22-16-7-3-1-5-14(13)16/h1-8,12,17,22H,9-11H2,(H,23,26). The number of nitrogens with zero attached hydrogens (tertiary/aromatic N) is 1. The van der Waals surface area contributed by atoms with E-state index < -0.39 is 6.04 Å². The maximum Gasteiger partial charge on any atom is 0.324 e. The van der Waals surface area contributed by atoms with Crippen LogP contribution in [0.2, 0.25) is 0 Å². The lowest BCUT2D eigenvalue weighted by molar-refractivity contribution is -0.127. The molecule has 0 aliphatic carbocycles. The van der Waals surface area contributed by atoms with Gasteiger partial charge < -0.3 is 10.3 Å². The van der Waals surface area contributed by atoms with Gasteiger partial charge in [0.1, 0.15) is 11.9 Å². The Balaban J connectivity index is 1.39. The van der Waals surface area contributed by atoms with Gasteiger partial charge in [0.15, 0.2) is 0 Å². The quantitative estimate of drug-likeness (QED) is 0.505. The number of thioether (sulfide) groups is 1. The Labute approximate surface area is 159 Å². The second-order valence-corrected chi connectivity index (χ2v) is 7.47. The third-order valence-electron chi connectivity index (χ3n) is 4.62. The predicted octanol–water partition coefficient (Wildman–Crippen LogP) is 3.56. The van der Waals surface area contributed by atoms with E-state index in [1.165, 1.54) is 22.7 Å². The minimum Gasteiger partial charge on any atom is -0.361 e. The number of aromatic nitrogens is 1. The van der Waals surface area contributed by atoms with Gasteiger partial charge in [-0.3, -0.25) is 9.69 Å². The summed E-state index contributed by atoms with van der Waals surface area (Å²) in [6.07, 6.45) is 2.31. The number of aromatic amines is 1. The zero-order valence-corrected chi connectivity index (χ0v) is 15.3. The van der Waals surface area contributed by atoms with E-state index in [0.29, 0.717) is 17.1 Å². The average molecular weight is 383 g/mol. The largest absolute Gasteiger partial charge is 0.361 e. The SMILES string of the molecule is O=C1NC(Cc2c[nH]c3ccccc23)C(=O)N1CCSc1ccccc1F. The molecule has 138 valence electrons. The highest BCUT2D eigenvalue weighted by Crippen LogP contribution is 2.23. The lowest BCUT2D eigenvalue weighted by Gasteiger charge is -2.13. The highest BCUT2D eigenvalue weighted by atomic mass is 32.2. The van der Waals surface area contributed by atoms with E-state index in [4.69, 9.17) is 0 Å². The smallest absolute Gasteiger partial charge is 0.324 e. The number of carbonyl (C=O) groups is 2. The Bertz CT molecular complexity index is 1000. The molecule has 1 aliphatic rings. The number of rotatable bonds is 6. The summed E-state index contributed by atoms with van der Waals surface area (Å²) < 4.78 is 13.7. The molecule has 27 heavy (non-hydrogen) atoms. The summed E-state index contributed by atoms with van der Waals surface area (Å²) in [6, 6.07) is 13.4. The number of fused-ring (bicyclic) bond motifs is 1. The maximum atomic E-state index is 13.7. The van der Waals surface area contributed by atoms with Crippen LogP contribution in [0.3, 0.4) is 0 Å². The van der Waals surface area contributed by atoms with Crippen molar-refractivity contribution in [2.45, 2.75) is 17.4 Å². The molecule has 2 aromatic carbocycles. The van der Waals surface area contributed by atoms with Crippen molar-refractivity contribution in [3.8, 4) is 0 Å². The molecule has 1 atom stereocenters. The van der Waals surface area contributed by atoms with Crippen molar-refractivity contribution in [3.63, 3.8) is 0 Å². The van der Waals surface area contributed by atoms with Gasteiger partial charge in [0.25, 0.3) is 5.91 Å². The van der Waals surface area contributed by atoms with Crippen LogP contribution in [-0.2, 0) is 11.2 Å². The number of carbonyl (C=O) groups excluding carboxylic acids is 2. The van der Waals surface area contributed by atoms with Crippen LogP contribution in [0.5, 0.6) is 0 Å². The molecular formula is C20H18FN3O2S. The second-order valence-electron chi connectivity index (χ2n) is 6.33. The van der Waals surface area contributed by atoms with E-state index in [0.717, 1.165) is 16.5 Å². The summed E-state index contributed by atoms with van der Waals surface area (Å²) in [5.74, 6) is -0.0868. The molecule has 0 radical (unpaired) electrons. The van der Waals surface area contributed by atoms with Crippen molar-refractivity contribution >= 4 is 34.6 Å². The van der Waals surface area contributed by atoms with E-state index in [9.17, 15) is 14.0 Å². The van der Waals surface area contributed by atoms with Gasteiger partial charge in [0.05, 0.1) is 0 Å². The summed E-state index contributed by atoms with van der Waals surface area (Å²) in [4.78, 5) is 29.7. The molecule has 4 rings (SSSR count). The predicted molar refractivity (Wildman–Crippen MR) is 103 cm³/mol. The number of halogens is 1. The van der Waals surface area contributed by atoms with E-state index in [-0.39, 0.29) is 24.3 Å². The summed E-state index contributed by atoms with van der Waals surface area (Å²) >= 11 is 1.29. The normalized spacial score (nSPS) is 16.9. The molecule has 1 aromatic heterocycles. The molecule has 1 saturated heterocycles. The zero-order chi connectivity index (χ0) is 18.8. The number of nitrogens with one attached hydrogen (secondary N) is 2. The minimum absolute atomic E-state index is 0.237. The molecule has 7 heteroatoms. The van der Waals surface area contributed by atoms with Crippen LogP contribution < -0.4 is 5.32 Å². The fourth-order valence-electron chi connectivity index (χ4n) is 3.26. The topological polar surface area (TPSA) is 65.2 Å². The highest BCUT2D eigenvalue weighted by Gasteiger charge is 2.37. The molecule has 0 spiro atoms. The number of amides is 3. The fraction of sp³-hybridized carbons (Fsp3) is 0.200. The van der Waals surface area contributed by atoms with Crippen LogP contribution in [0.25, 0.3) is 10.9 Å². The molecule has 0 saturated carbocycles. The van der Waals surface area contributed by atoms with E-state index in [1.54, 1.807) is 18.2 Å². The van der Waals surface area contributed by atoms with Crippen LogP contribution in [0, 0.1) is 5.82 Å². The van der Waals surface area contributed by atoms with E-state index >= 15 is 0 Å². The number of urea groups is 1. The Morgan fingerprint density at radius 2 is 1.85 bits per heavy atom. The number of H-pyrrole nitrogens is 1. The van der Waals surface area contributed by atoms with Crippen molar-refractivity contribution in [3.05, 3.63) is 66.1 Å². The van der Waals surface area contributed by atoms with Gasteiger partial charge in [-0.25, -0.2) is 9.18 Å². The second kappa shape index (κ2) is 7.44. The molecular weight excluding hydrogens is 365 g/mol. The monoisotopic (exact) mass is 383 g/mol. The van der Waals surface area contributed by atoms with Gasteiger partial charge in [-0.05, 0) is 23.8 Å². The highest BCUT2D eigenvalue weighted by molar-refractivity contribution is 7.99. The zero-order valence-electron chi connectivity index (χ0n) is 14.4. The first-order valence-electron chi connectivity index (χ1n) is 8.67. The average Bonchev–Trinajstić information content (AvgIpc) is 3.19. The molecule has 2 heterocycles. The molecule has 2 N–H and O–H groups in total. The number of imide groups is 1. The maximum absolute atomic E-state index is 13.7. The molecule has 1 aliphatic heterocycles. The Kier molecular flexibility index (Phi) is 4.85. The van der Waals surface area contributed by atoms with Crippen molar-refractivity contribution < 1.29 is 14.0 Å². The molecule has 1 fully saturated rings. The summed E-state index contributed by atoms with van der Waals surface area (Å²) in [5.41, 5.74) is 1.99. The van der Waals surface area contributed by atoms with Gasteiger partial charge >= 0.3 is 6.03 Å². The lowest BCUT2D eigenvalue weighted by atomic mass is 10.1. The molecule has 3 aromatic rings. The van der Waals surface area contributed by atoms with E-state index in [1.807, 2.05) is 30.5 Å². The molecule has 1 unspecified atom stereocenters. The van der Waals surface area contributed by atoms with Gasteiger partial charge in [-0.15, -0.1) is 11.8 Å². The first-order valence-corrected chi connectivity index (χ1v) is 9.66. The van der Waals surface area contributed by atoms with Crippen LogP contribution in [0.4, 0.5) is 9.18 Å².